The number of hydrogen-bond acceptors (Lipinski definition) is 3. The van der Waals surface area contributed by atoms with Gasteiger partial charge in [-0.2, -0.15) is 0 Å². The highest BCUT2D eigenvalue weighted by Crippen LogP contribution is 2.14. The first kappa shape index (κ1) is 9.30. The van der Waals surface area contributed by atoms with Gasteiger partial charge in [-0.1, -0.05) is 12.1 Å². The Hall–Kier alpha value is -1.94. The van der Waals surface area contributed by atoms with Crippen molar-refractivity contribution in [2.75, 3.05) is 0 Å². The number of aromatic nitrogens is 1. The van der Waals surface area contributed by atoms with Gasteiger partial charge in [-0.05, 0) is 23.6 Å². The molecule has 4 heteroatoms. The molecule has 2 aromatic heterocycles. The zero-order valence-electron chi connectivity index (χ0n) is 8.19. The Bertz CT molecular complexity index is 801. The first-order valence-electron chi connectivity index (χ1n) is 4.80. The standard InChI is InChI=1S/C12H7NO2S/c14-10-7-3-1-2-4-9(7)13-12(15)8-5-6-16-11(8)10/h1-6H,(H,13,15). The minimum atomic E-state index is -0.213. The Labute approximate surface area is 94.0 Å². The molecule has 0 saturated heterocycles. The lowest BCUT2D eigenvalue weighted by Crippen LogP contribution is -2.00. The van der Waals surface area contributed by atoms with Gasteiger partial charge < -0.3 is 4.98 Å². The van der Waals surface area contributed by atoms with Gasteiger partial charge >= 0.3 is 0 Å². The van der Waals surface area contributed by atoms with E-state index < -0.39 is 0 Å². The summed E-state index contributed by atoms with van der Waals surface area (Å²) in [6.07, 6.45) is 0. The van der Waals surface area contributed by atoms with Crippen LogP contribution in [0.4, 0.5) is 0 Å². The van der Waals surface area contributed by atoms with Gasteiger partial charge in [-0.3, -0.25) is 9.59 Å². The molecule has 1 N–H and O–H groups in total. The number of para-hydroxylation sites is 1. The molecule has 0 radical (unpaired) electrons. The fourth-order valence-corrected chi connectivity index (χ4v) is 2.61. The third kappa shape index (κ3) is 1.20. The highest BCUT2D eigenvalue weighted by molar-refractivity contribution is 7.17. The van der Waals surface area contributed by atoms with Crippen molar-refractivity contribution in [1.82, 2.24) is 4.98 Å². The van der Waals surface area contributed by atoms with Crippen LogP contribution < -0.4 is 11.0 Å². The van der Waals surface area contributed by atoms with Crippen LogP contribution in [0, 0.1) is 0 Å². The molecule has 1 aromatic carbocycles. The molecular weight excluding hydrogens is 222 g/mol. The molecule has 0 spiro atoms. The predicted octanol–water partition coefficient (Wildman–Crippen LogP) is 2.10. The normalized spacial score (nSPS) is 11.0. The van der Waals surface area contributed by atoms with Gasteiger partial charge in [0.1, 0.15) is 0 Å². The van der Waals surface area contributed by atoms with Gasteiger partial charge in [-0.15, -0.1) is 11.3 Å². The second kappa shape index (κ2) is 3.28. The van der Waals surface area contributed by atoms with Gasteiger partial charge in [0.25, 0.3) is 5.56 Å². The van der Waals surface area contributed by atoms with E-state index in [2.05, 4.69) is 4.98 Å². The third-order valence-corrected chi connectivity index (χ3v) is 3.45. The molecule has 3 nitrogen and oxygen atoms in total. The molecule has 2 heterocycles. The fraction of sp³-hybridized carbons (Fsp3) is 0. The van der Waals surface area contributed by atoms with Crippen LogP contribution >= 0.6 is 11.3 Å². The number of nitrogens with one attached hydrogen (secondary N) is 1. The molecule has 0 amide bonds. The van der Waals surface area contributed by atoms with Crippen LogP contribution in [0.15, 0.2) is 45.3 Å². The third-order valence-electron chi connectivity index (χ3n) is 2.54. The van der Waals surface area contributed by atoms with E-state index in [9.17, 15) is 9.59 Å². The summed E-state index contributed by atoms with van der Waals surface area (Å²) in [7, 11) is 0. The molecule has 0 unspecified atom stereocenters. The Morgan fingerprint density at radius 3 is 2.69 bits per heavy atom. The number of rotatable bonds is 0. The number of hydrogen-bond donors (Lipinski definition) is 1. The van der Waals surface area contributed by atoms with Gasteiger partial charge in [0.2, 0.25) is 5.43 Å². The van der Waals surface area contributed by atoms with Crippen molar-refractivity contribution in [3.63, 3.8) is 0 Å². The van der Waals surface area contributed by atoms with Gasteiger partial charge in [-0.25, -0.2) is 0 Å². The smallest absolute Gasteiger partial charge is 0.257 e. The minimum Gasteiger partial charge on any atom is -0.321 e. The topological polar surface area (TPSA) is 49.9 Å². The molecule has 0 saturated carbocycles. The van der Waals surface area contributed by atoms with Gasteiger partial charge in [0.15, 0.2) is 0 Å². The van der Waals surface area contributed by atoms with Crippen LogP contribution in [0.5, 0.6) is 0 Å². The average molecular weight is 229 g/mol. The Kier molecular flexibility index (Phi) is 1.91. The van der Waals surface area contributed by atoms with E-state index in [0.717, 1.165) is 0 Å². The highest BCUT2D eigenvalue weighted by atomic mass is 32.1. The van der Waals surface area contributed by atoms with Crippen molar-refractivity contribution >= 4 is 32.3 Å². The fourth-order valence-electron chi connectivity index (χ4n) is 1.77. The SMILES string of the molecule is O=c1[nH]c2ccccc2c(=O)c2sccc12. The monoisotopic (exact) mass is 229 g/mol. The van der Waals surface area contributed by atoms with E-state index in [0.29, 0.717) is 21.0 Å². The van der Waals surface area contributed by atoms with E-state index in [4.69, 9.17) is 0 Å². The second-order valence-corrected chi connectivity index (χ2v) is 4.41. The number of benzene rings is 1. The van der Waals surface area contributed by atoms with Crippen LogP contribution in [-0.4, -0.2) is 4.98 Å². The summed E-state index contributed by atoms with van der Waals surface area (Å²) in [6, 6.07) is 8.74. The van der Waals surface area contributed by atoms with Crippen molar-refractivity contribution < 1.29 is 0 Å². The number of H-pyrrole nitrogens is 1. The zero-order valence-corrected chi connectivity index (χ0v) is 9.01. The van der Waals surface area contributed by atoms with Crippen molar-refractivity contribution in [3.05, 3.63) is 56.3 Å². The molecule has 0 aliphatic heterocycles. The van der Waals surface area contributed by atoms with E-state index in [1.54, 1.807) is 35.7 Å². The Balaban J connectivity index is 2.80. The molecule has 3 aromatic rings. The van der Waals surface area contributed by atoms with Crippen molar-refractivity contribution in [2.24, 2.45) is 0 Å². The zero-order chi connectivity index (χ0) is 11.1. The first-order valence-corrected chi connectivity index (χ1v) is 5.68. The second-order valence-electron chi connectivity index (χ2n) is 3.49. The molecule has 0 fully saturated rings. The Morgan fingerprint density at radius 1 is 1.00 bits per heavy atom. The Morgan fingerprint density at radius 2 is 1.81 bits per heavy atom. The molecule has 3 rings (SSSR count). The number of fused-ring (bicyclic) bond motifs is 2. The van der Waals surface area contributed by atoms with Gasteiger partial charge in [0, 0.05) is 5.39 Å². The van der Waals surface area contributed by atoms with E-state index in [-0.39, 0.29) is 11.0 Å². The number of thiophene rings is 1. The summed E-state index contributed by atoms with van der Waals surface area (Å²) >= 11 is 1.30. The maximum atomic E-state index is 12.2. The summed E-state index contributed by atoms with van der Waals surface area (Å²) in [4.78, 5) is 26.7. The van der Waals surface area contributed by atoms with Crippen LogP contribution in [0.2, 0.25) is 0 Å². The first-order chi connectivity index (χ1) is 7.77. The summed E-state index contributed by atoms with van der Waals surface area (Å²) in [5, 5.41) is 2.78. The van der Waals surface area contributed by atoms with E-state index in [1.807, 2.05) is 0 Å². The predicted molar refractivity (Wildman–Crippen MR) is 66.2 cm³/mol. The molecule has 0 bridgehead atoms. The van der Waals surface area contributed by atoms with Crippen LogP contribution in [0.25, 0.3) is 21.0 Å². The summed E-state index contributed by atoms with van der Waals surface area (Å²) < 4.78 is 0.516. The lowest BCUT2D eigenvalue weighted by atomic mass is 10.2. The van der Waals surface area contributed by atoms with Crippen molar-refractivity contribution in [2.45, 2.75) is 0 Å². The quantitative estimate of drug-likeness (QED) is 0.641. The van der Waals surface area contributed by atoms with Crippen LogP contribution in [-0.2, 0) is 0 Å². The lowest BCUT2D eigenvalue weighted by molar-refractivity contribution is 1.36. The van der Waals surface area contributed by atoms with Gasteiger partial charge in [0.05, 0.1) is 15.6 Å². The lowest BCUT2D eigenvalue weighted by Gasteiger charge is -1.87. The maximum Gasteiger partial charge on any atom is 0.257 e. The molecule has 0 aliphatic carbocycles. The maximum absolute atomic E-state index is 12.2. The molecule has 78 valence electrons. The summed E-state index contributed by atoms with van der Waals surface area (Å²) in [5.74, 6) is 0. The van der Waals surface area contributed by atoms with E-state index >= 15 is 0 Å². The molecule has 0 aliphatic rings. The largest absolute Gasteiger partial charge is 0.321 e. The summed E-state index contributed by atoms with van der Waals surface area (Å²) in [6.45, 7) is 0. The van der Waals surface area contributed by atoms with Crippen molar-refractivity contribution in [3.8, 4) is 0 Å². The molecular formula is C12H7NO2S. The molecule has 16 heavy (non-hydrogen) atoms. The van der Waals surface area contributed by atoms with Crippen LogP contribution in [0.1, 0.15) is 0 Å². The van der Waals surface area contributed by atoms with E-state index in [1.165, 1.54) is 11.3 Å². The van der Waals surface area contributed by atoms with Crippen molar-refractivity contribution in [1.29, 1.82) is 0 Å². The van der Waals surface area contributed by atoms with Crippen LogP contribution in [0.3, 0.4) is 0 Å². The molecule has 0 atom stereocenters. The highest BCUT2D eigenvalue weighted by Gasteiger charge is 2.05. The summed E-state index contributed by atoms with van der Waals surface area (Å²) in [5.41, 5.74) is 0.286. The number of aromatic amines is 1. The minimum absolute atomic E-state index is 0.0843. The average Bonchev–Trinajstić information content (AvgIpc) is 2.74.